The van der Waals surface area contributed by atoms with Gasteiger partial charge in [-0.25, -0.2) is 0 Å². The predicted molar refractivity (Wildman–Crippen MR) is 65.4 cm³/mol. The Morgan fingerprint density at radius 2 is 2.00 bits per heavy atom. The lowest BCUT2D eigenvalue weighted by molar-refractivity contribution is -0.123. The maximum absolute atomic E-state index is 11.5. The zero-order valence-electron chi connectivity index (χ0n) is 10.6. The van der Waals surface area contributed by atoms with Crippen LogP contribution in [0.5, 0.6) is 0 Å². The Morgan fingerprint density at radius 3 is 2.53 bits per heavy atom. The molecule has 0 N–H and O–H groups in total. The quantitative estimate of drug-likeness (QED) is 0.404. The van der Waals surface area contributed by atoms with Crippen molar-refractivity contribution >= 4 is 15.1 Å². The molecule has 1 heterocycles. The Morgan fingerprint density at radius 1 is 1.35 bits per heavy atom. The molecule has 0 aromatic rings. The molecule has 0 bridgehead atoms. The van der Waals surface area contributed by atoms with Crippen LogP contribution in [0.25, 0.3) is 0 Å². The molecule has 0 spiro atoms. The van der Waals surface area contributed by atoms with Gasteiger partial charge in [0, 0.05) is 19.6 Å². The second kappa shape index (κ2) is 8.76. The lowest BCUT2D eigenvalue weighted by Gasteiger charge is -2.13. The summed E-state index contributed by atoms with van der Waals surface area (Å²) in [6.07, 6.45) is 0.708. The monoisotopic (exact) mass is 262 g/mol. The standard InChI is InChI=1S/C11H22O5Si/c1-3-15-17(16-4-2)6-5-10(12)7-13-8-11-9-14-11/h11,17H,3-9H2,1-2H3. The largest absolute Gasteiger partial charge is 0.397 e. The van der Waals surface area contributed by atoms with Gasteiger partial charge >= 0.3 is 9.28 Å². The van der Waals surface area contributed by atoms with E-state index in [-0.39, 0.29) is 18.5 Å². The van der Waals surface area contributed by atoms with Crippen LogP contribution < -0.4 is 0 Å². The van der Waals surface area contributed by atoms with Crippen molar-refractivity contribution in [1.29, 1.82) is 0 Å². The topological polar surface area (TPSA) is 57.3 Å². The molecule has 0 aromatic heterocycles. The van der Waals surface area contributed by atoms with Gasteiger partial charge in [-0.15, -0.1) is 0 Å². The number of hydrogen-bond acceptors (Lipinski definition) is 5. The maximum atomic E-state index is 11.5. The van der Waals surface area contributed by atoms with Gasteiger partial charge in [-0.2, -0.15) is 0 Å². The fourth-order valence-corrected chi connectivity index (χ4v) is 3.14. The smallest absolute Gasteiger partial charge is 0.321 e. The van der Waals surface area contributed by atoms with Crippen molar-refractivity contribution in [3.05, 3.63) is 0 Å². The number of carbonyl (C=O) groups is 1. The SMILES string of the molecule is CCO[SiH](CCC(=O)COCC1CO1)OCC. The van der Waals surface area contributed by atoms with Crippen LogP contribution in [0.2, 0.25) is 6.04 Å². The van der Waals surface area contributed by atoms with Crippen LogP contribution in [0, 0.1) is 0 Å². The number of ether oxygens (including phenoxy) is 2. The number of rotatable bonds is 11. The second-order valence-electron chi connectivity index (χ2n) is 3.89. The molecular formula is C11H22O5Si. The molecule has 1 aliphatic heterocycles. The molecule has 1 atom stereocenters. The van der Waals surface area contributed by atoms with Gasteiger partial charge in [-0.1, -0.05) is 0 Å². The molecule has 1 saturated heterocycles. The van der Waals surface area contributed by atoms with Gasteiger partial charge in [0.1, 0.15) is 12.7 Å². The van der Waals surface area contributed by atoms with Gasteiger partial charge in [0.25, 0.3) is 0 Å². The zero-order valence-corrected chi connectivity index (χ0v) is 11.8. The summed E-state index contributed by atoms with van der Waals surface area (Å²) in [6.45, 7) is 6.67. The van der Waals surface area contributed by atoms with Crippen LogP contribution in [0.3, 0.4) is 0 Å². The van der Waals surface area contributed by atoms with Crippen LogP contribution >= 0.6 is 0 Å². The van der Waals surface area contributed by atoms with E-state index in [9.17, 15) is 4.79 Å². The first-order valence-electron chi connectivity index (χ1n) is 6.20. The fraction of sp³-hybridized carbons (Fsp3) is 0.909. The van der Waals surface area contributed by atoms with Gasteiger partial charge < -0.3 is 18.3 Å². The number of Topliss-reactive ketones (excluding diaryl/α,β-unsaturated/α-hetero) is 1. The molecule has 100 valence electrons. The molecule has 1 fully saturated rings. The minimum Gasteiger partial charge on any atom is -0.397 e. The summed E-state index contributed by atoms with van der Waals surface area (Å²) < 4.78 is 21.2. The molecule has 0 aromatic carbocycles. The van der Waals surface area contributed by atoms with Crippen molar-refractivity contribution < 1.29 is 23.1 Å². The molecule has 17 heavy (non-hydrogen) atoms. The zero-order chi connectivity index (χ0) is 12.5. The summed E-state index contributed by atoms with van der Waals surface area (Å²) in [4.78, 5) is 11.5. The van der Waals surface area contributed by atoms with Crippen LogP contribution in [-0.4, -0.2) is 54.2 Å². The normalized spacial score (nSPS) is 18.6. The molecule has 0 aliphatic carbocycles. The Kier molecular flexibility index (Phi) is 7.62. The molecule has 1 rings (SSSR count). The summed E-state index contributed by atoms with van der Waals surface area (Å²) in [5, 5.41) is 0. The third-order valence-corrected chi connectivity index (χ3v) is 4.50. The van der Waals surface area contributed by atoms with E-state index in [2.05, 4.69) is 0 Å². The Hall–Kier alpha value is -0.273. The van der Waals surface area contributed by atoms with Crippen LogP contribution in [0.15, 0.2) is 0 Å². The van der Waals surface area contributed by atoms with Crippen molar-refractivity contribution in [3.63, 3.8) is 0 Å². The van der Waals surface area contributed by atoms with E-state index in [4.69, 9.17) is 18.3 Å². The minimum atomic E-state index is -1.63. The molecule has 5 nitrogen and oxygen atoms in total. The number of hydrogen-bond donors (Lipinski definition) is 0. The van der Waals surface area contributed by atoms with E-state index in [1.807, 2.05) is 13.8 Å². The Bertz CT molecular complexity index is 214. The molecule has 0 saturated carbocycles. The van der Waals surface area contributed by atoms with Gasteiger partial charge in [0.2, 0.25) is 0 Å². The van der Waals surface area contributed by atoms with E-state index < -0.39 is 9.28 Å². The summed E-state index contributed by atoms with van der Waals surface area (Å²) in [5.74, 6) is 0.113. The van der Waals surface area contributed by atoms with Crippen molar-refractivity contribution in [3.8, 4) is 0 Å². The Labute approximate surface area is 104 Å². The van der Waals surface area contributed by atoms with Crippen LogP contribution in [-0.2, 0) is 23.1 Å². The predicted octanol–water partition coefficient (Wildman–Crippen LogP) is 0.654. The third kappa shape index (κ3) is 7.61. The van der Waals surface area contributed by atoms with E-state index in [0.29, 0.717) is 26.2 Å². The molecule has 0 amide bonds. The molecule has 0 radical (unpaired) electrons. The first-order valence-corrected chi connectivity index (χ1v) is 7.96. The highest BCUT2D eigenvalue weighted by Gasteiger charge is 2.22. The van der Waals surface area contributed by atoms with Crippen molar-refractivity contribution in [2.45, 2.75) is 32.4 Å². The van der Waals surface area contributed by atoms with Gasteiger partial charge in [-0.3, -0.25) is 4.79 Å². The molecule has 6 heteroatoms. The second-order valence-corrected chi connectivity index (χ2v) is 5.99. The number of ketones is 1. The van der Waals surface area contributed by atoms with Gasteiger partial charge in [0.15, 0.2) is 5.78 Å². The molecule has 1 unspecified atom stereocenters. The number of epoxide rings is 1. The van der Waals surface area contributed by atoms with E-state index >= 15 is 0 Å². The fourth-order valence-electron chi connectivity index (χ4n) is 1.41. The molecular weight excluding hydrogens is 240 g/mol. The van der Waals surface area contributed by atoms with E-state index in [1.54, 1.807) is 0 Å². The summed E-state index contributed by atoms with van der Waals surface area (Å²) in [5.41, 5.74) is 0. The first-order chi connectivity index (χ1) is 8.26. The molecule has 1 aliphatic rings. The third-order valence-electron chi connectivity index (χ3n) is 2.33. The summed E-state index contributed by atoms with van der Waals surface area (Å²) >= 11 is 0. The highest BCUT2D eigenvalue weighted by Crippen LogP contribution is 2.09. The first kappa shape index (κ1) is 14.8. The van der Waals surface area contributed by atoms with Gasteiger partial charge in [0.05, 0.1) is 13.2 Å². The van der Waals surface area contributed by atoms with Crippen molar-refractivity contribution in [1.82, 2.24) is 0 Å². The highest BCUT2D eigenvalue weighted by atomic mass is 28.3. The Balaban J connectivity index is 2.02. The minimum absolute atomic E-state index is 0.113. The summed E-state index contributed by atoms with van der Waals surface area (Å²) in [6, 6.07) is 0.726. The lowest BCUT2D eigenvalue weighted by Crippen LogP contribution is -2.24. The maximum Gasteiger partial charge on any atom is 0.321 e. The van der Waals surface area contributed by atoms with Crippen LogP contribution in [0.4, 0.5) is 0 Å². The van der Waals surface area contributed by atoms with Crippen molar-refractivity contribution in [2.24, 2.45) is 0 Å². The lowest BCUT2D eigenvalue weighted by atomic mass is 10.3. The van der Waals surface area contributed by atoms with E-state index in [1.165, 1.54) is 0 Å². The van der Waals surface area contributed by atoms with Crippen LogP contribution in [0.1, 0.15) is 20.3 Å². The van der Waals surface area contributed by atoms with Gasteiger partial charge in [-0.05, 0) is 19.9 Å². The number of carbonyl (C=O) groups excluding carboxylic acids is 1. The van der Waals surface area contributed by atoms with E-state index in [0.717, 1.165) is 12.7 Å². The average Bonchev–Trinajstić information content (AvgIpc) is 3.10. The highest BCUT2D eigenvalue weighted by molar-refractivity contribution is 6.44. The summed E-state index contributed by atoms with van der Waals surface area (Å²) in [7, 11) is -1.63. The average molecular weight is 262 g/mol. The van der Waals surface area contributed by atoms with Crippen molar-refractivity contribution in [2.75, 3.05) is 33.0 Å².